The molecule has 130 valence electrons. The lowest BCUT2D eigenvalue weighted by Crippen LogP contribution is -2.35. The van der Waals surface area contributed by atoms with Gasteiger partial charge in [0.1, 0.15) is 0 Å². The fraction of sp³-hybridized carbons (Fsp3) is 0.727. The monoisotopic (exact) mass is 358 g/mol. The molecule has 4 saturated heterocycles. The van der Waals surface area contributed by atoms with Crippen LogP contribution in [0.5, 0.6) is 0 Å². The standard InChI is InChI=1S/C22H32P2/c1-13-11-21(15(3)9-19(13)23-21)17-7-5-6-8-18(17)22-12-14(2)20(24-22)10-16(22)4/h5-8,13-16,19-20,23-24H,9-12H2,1-4H3/t13-,14-,15-,16-,19+,20+,21+,22+/m0/s1. The molecule has 0 spiro atoms. The van der Waals surface area contributed by atoms with Crippen molar-refractivity contribution < 1.29 is 0 Å². The SMILES string of the molecule is C[C@H]1C[C@@]2(c3ccccc3[C@@]34C[C@H](C)[C@@H](C[C@@H]3C)P4)P[C@@H]1C[C@@H]2C. The van der Waals surface area contributed by atoms with Crippen molar-refractivity contribution >= 4 is 17.2 Å². The Kier molecular flexibility index (Phi) is 3.59. The summed E-state index contributed by atoms with van der Waals surface area (Å²) in [7, 11) is 2.36. The summed E-state index contributed by atoms with van der Waals surface area (Å²) in [4.78, 5) is 0. The Labute approximate surface area is 151 Å². The second-order valence-electron chi connectivity index (χ2n) is 9.63. The molecule has 0 saturated carbocycles. The van der Waals surface area contributed by atoms with Gasteiger partial charge in [-0.2, -0.15) is 0 Å². The van der Waals surface area contributed by atoms with E-state index in [0.29, 0.717) is 10.3 Å². The van der Waals surface area contributed by atoms with Crippen LogP contribution in [0.15, 0.2) is 24.3 Å². The maximum atomic E-state index is 2.56. The Bertz CT molecular complexity index is 605. The Morgan fingerprint density at radius 2 is 1.17 bits per heavy atom. The predicted molar refractivity (Wildman–Crippen MR) is 109 cm³/mol. The van der Waals surface area contributed by atoms with Gasteiger partial charge in [-0.15, -0.1) is 17.2 Å². The van der Waals surface area contributed by atoms with Gasteiger partial charge < -0.3 is 0 Å². The molecule has 4 bridgehead atoms. The number of hydrogen-bond donors (Lipinski definition) is 0. The summed E-state index contributed by atoms with van der Waals surface area (Å²) in [5.41, 5.74) is 5.64. The molecule has 2 heteroatoms. The van der Waals surface area contributed by atoms with Gasteiger partial charge >= 0.3 is 0 Å². The zero-order valence-corrected chi connectivity index (χ0v) is 17.6. The fourth-order valence-electron chi connectivity index (χ4n) is 6.97. The molecule has 4 aliphatic rings. The van der Waals surface area contributed by atoms with E-state index in [1.165, 1.54) is 42.8 Å². The lowest BCUT2D eigenvalue weighted by Gasteiger charge is -2.42. The zero-order valence-electron chi connectivity index (χ0n) is 15.6. The summed E-state index contributed by atoms with van der Waals surface area (Å²) in [5.74, 6) is 3.68. The summed E-state index contributed by atoms with van der Waals surface area (Å²) in [6.07, 6.45) is 5.89. The number of rotatable bonds is 2. The Morgan fingerprint density at radius 3 is 1.50 bits per heavy atom. The van der Waals surface area contributed by atoms with Crippen LogP contribution in [0.25, 0.3) is 0 Å². The van der Waals surface area contributed by atoms with E-state index in [0.717, 1.165) is 35.0 Å². The lowest BCUT2D eigenvalue weighted by molar-refractivity contribution is 0.264. The molecule has 4 aliphatic heterocycles. The van der Waals surface area contributed by atoms with E-state index in [9.17, 15) is 0 Å². The van der Waals surface area contributed by atoms with Crippen molar-refractivity contribution in [3.8, 4) is 0 Å². The third kappa shape index (κ3) is 1.94. The molecule has 2 unspecified atom stereocenters. The highest BCUT2D eigenvalue weighted by Crippen LogP contribution is 2.74. The van der Waals surface area contributed by atoms with Crippen LogP contribution in [0.4, 0.5) is 0 Å². The highest BCUT2D eigenvalue weighted by atomic mass is 31.1. The van der Waals surface area contributed by atoms with Gasteiger partial charge in [-0.1, -0.05) is 52.0 Å². The molecule has 0 aliphatic carbocycles. The van der Waals surface area contributed by atoms with E-state index in [2.05, 4.69) is 52.0 Å². The van der Waals surface area contributed by atoms with Gasteiger partial charge in [0.05, 0.1) is 0 Å². The molecule has 10 atom stereocenters. The van der Waals surface area contributed by atoms with Crippen LogP contribution >= 0.6 is 17.2 Å². The van der Waals surface area contributed by atoms with Gasteiger partial charge in [-0.05, 0) is 71.8 Å². The van der Waals surface area contributed by atoms with Crippen molar-refractivity contribution in [1.29, 1.82) is 0 Å². The Morgan fingerprint density at radius 1 is 0.750 bits per heavy atom. The van der Waals surface area contributed by atoms with E-state index < -0.39 is 0 Å². The lowest BCUT2D eigenvalue weighted by atomic mass is 9.66. The van der Waals surface area contributed by atoms with E-state index in [1.807, 2.05) is 0 Å². The van der Waals surface area contributed by atoms with Crippen molar-refractivity contribution in [3.63, 3.8) is 0 Å². The molecule has 0 radical (unpaired) electrons. The molecule has 0 nitrogen and oxygen atoms in total. The fourth-order valence-corrected chi connectivity index (χ4v) is 12.5. The highest BCUT2D eigenvalue weighted by Gasteiger charge is 2.59. The normalized spacial score (nSPS) is 54.3. The first-order valence-electron chi connectivity index (χ1n) is 10.1. The average Bonchev–Trinajstić information content (AvgIpc) is 3.25. The van der Waals surface area contributed by atoms with Crippen LogP contribution in [0.3, 0.4) is 0 Å². The molecule has 0 N–H and O–H groups in total. The summed E-state index contributed by atoms with van der Waals surface area (Å²) >= 11 is 0. The minimum Gasteiger partial charge on any atom is -0.107 e. The van der Waals surface area contributed by atoms with Crippen molar-refractivity contribution in [2.45, 2.75) is 75.0 Å². The van der Waals surface area contributed by atoms with E-state index >= 15 is 0 Å². The van der Waals surface area contributed by atoms with E-state index in [1.54, 1.807) is 11.1 Å². The molecular weight excluding hydrogens is 326 g/mol. The second-order valence-corrected chi connectivity index (χ2v) is 13.5. The van der Waals surface area contributed by atoms with Gasteiger partial charge in [-0.25, -0.2) is 0 Å². The van der Waals surface area contributed by atoms with Gasteiger partial charge in [0.25, 0.3) is 0 Å². The maximum absolute atomic E-state index is 2.56. The van der Waals surface area contributed by atoms with Crippen molar-refractivity contribution in [1.82, 2.24) is 0 Å². The number of hydrogen-bond acceptors (Lipinski definition) is 0. The van der Waals surface area contributed by atoms with Crippen LogP contribution in [0, 0.1) is 23.7 Å². The summed E-state index contributed by atoms with van der Waals surface area (Å²) in [6, 6.07) is 9.80. The minimum atomic E-state index is 0.531. The molecule has 1 aromatic carbocycles. The van der Waals surface area contributed by atoms with Crippen molar-refractivity contribution in [3.05, 3.63) is 35.4 Å². The first-order valence-corrected chi connectivity index (χ1v) is 12.3. The minimum absolute atomic E-state index is 0.531. The van der Waals surface area contributed by atoms with Crippen LogP contribution in [0.1, 0.15) is 64.5 Å². The summed E-state index contributed by atoms with van der Waals surface area (Å²) < 4.78 is 0. The molecule has 4 heterocycles. The maximum Gasteiger partial charge on any atom is 0.0160 e. The quantitative estimate of drug-likeness (QED) is 0.542. The van der Waals surface area contributed by atoms with Crippen molar-refractivity contribution in [2.75, 3.05) is 0 Å². The van der Waals surface area contributed by atoms with Crippen molar-refractivity contribution in [2.24, 2.45) is 23.7 Å². The van der Waals surface area contributed by atoms with Gasteiger partial charge in [-0.3, -0.25) is 0 Å². The second kappa shape index (κ2) is 5.30. The third-order valence-corrected chi connectivity index (χ3v) is 13.6. The predicted octanol–water partition coefficient (Wildman–Crippen LogP) is 6.33. The molecular formula is C22H32P2. The molecule has 24 heavy (non-hydrogen) atoms. The summed E-state index contributed by atoms with van der Waals surface area (Å²) in [5, 5.41) is 1.06. The summed E-state index contributed by atoms with van der Waals surface area (Å²) in [6.45, 7) is 10.2. The smallest absolute Gasteiger partial charge is 0.0160 e. The molecule has 0 aromatic heterocycles. The number of benzene rings is 1. The first-order chi connectivity index (χ1) is 11.5. The topological polar surface area (TPSA) is 0 Å². The Hall–Kier alpha value is 0.0800. The van der Waals surface area contributed by atoms with Gasteiger partial charge in [0.2, 0.25) is 0 Å². The molecule has 4 fully saturated rings. The van der Waals surface area contributed by atoms with Crippen LogP contribution in [-0.2, 0) is 10.3 Å². The molecule has 1 aromatic rings. The Balaban J connectivity index is 1.65. The highest BCUT2D eigenvalue weighted by molar-refractivity contribution is 7.42. The van der Waals surface area contributed by atoms with Crippen LogP contribution in [0.2, 0.25) is 0 Å². The van der Waals surface area contributed by atoms with Gasteiger partial charge in [0.15, 0.2) is 0 Å². The van der Waals surface area contributed by atoms with Crippen LogP contribution < -0.4 is 0 Å². The van der Waals surface area contributed by atoms with E-state index in [4.69, 9.17) is 0 Å². The zero-order chi connectivity index (χ0) is 16.7. The largest absolute Gasteiger partial charge is 0.107 e. The third-order valence-electron chi connectivity index (χ3n) is 8.33. The molecule has 0 amide bonds. The average molecular weight is 358 g/mol. The van der Waals surface area contributed by atoms with Crippen LogP contribution in [-0.4, -0.2) is 11.3 Å². The number of fused-ring (bicyclic) bond motifs is 4. The van der Waals surface area contributed by atoms with Gasteiger partial charge in [0, 0.05) is 10.3 Å². The first kappa shape index (κ1) is 16.3. The molecule has 5 rings (SSSR count). The van der Waals surface area contributed by atoms with E-state index in [-0.39, 0.29) is 0 Å².